The van der Waals surface area contributed by atoms with Gasteiger partial charge in [0.15, 0.2) is 0 Å². The van der Waals surface area contributed by atoms with Crippen molar-refractivity contribution in [1.82, 2.24) is 5.32 Å². The van der Waals surface area contributed by atoms with Crippen molar-refractivity contribution in [3.8, 4) is 0 Å². The molecule has 0 aliphatic carbocycles. The molecule has 0 bridgehead atoms. The number of nitrogens with one attached hydrogen (secondary N) is 1. The predicted molar refractivity (Wildman–Crippen MR) is 33.5 cm³/mol. The number of carbonyl (C=O) groups is 1. The summed E-state index contributed by atoms with van der Waals surface area (Å²) in [4.78, 5) is 20.4. The smallest absolute Gasteiger partial charge is 0.230 e. The second-order valence-corrected chi connectivity index (χ2v) is 1.73. The third-order valence-corrected chi connectivity index (χ3v) is 0.921. The maximum atomic E-state index is 10.6. The van der Waals surface area contributed by atoms with Gasteiger partial charge in [-0.3, -0.25) is 9.59 Å². The zero-order valence-electron chi connectivity index (χ0n) is 5.60. The molecule has 1 unspecified atom stereocenters. The molecule has 0 heterocycles. The van der Waals surface area contributed by atoms with Crippen molar-refractivity contribution in [1.29, 1.82) is 0 Å². The lowest BCUT2D eigenvalue weighted by Gasteiger charge is -2.00. The lowest BCUT2D eigenvalue weighted by molar-refractivity contribution is -0.122. The first-order valence-electron chi connectivity index (χ1n) is 2.87. The van der Waals surface area contributed by atoms with Crippen LogP contribution in [0.1, 0.15) is 13.8 Å². The van der Waals surface area contributed by atoms with Crippen LogP contribution in [0.15, 0.2) is 0 Å². The lowest BCUT2D eigenvalue weighted by Crippen LogP contribution is -2.29. The molecule has 0 saturated carbocycles. The number of amides is 1. The van der Waals surface area contributed by atoms with E-state index in [2.05, 4.69) is 5.32 Å². The summed E-state index contributed by atoms with van der Waals surface area (Å²) in [5, 5.41) is 2.49. The Hall–Kier alpha value is -0.860. The molecule has 1 N–H and O–H groups in total. The number of hydrogen-bond donors (Lipinski definition) is 1. The highest BCUT2D eigenvalue weighted by Crippen LogP contribution is 1.86. The van der Waals surface area contributed by atoms with E-state index < -0.39 is 5.92 Å². The Morgan fingerprint density at radius 1 is 1.78 bits per heavy atom. The van der Waals surface area contributed by atoms with Gasteiger partial charge in [-0.05, 0) is 13.8 Å². The maximum Gasteiger partial charge on any atom is 0.230 e. The summed E-state index contributed by atoms with van der Waals surface area (Å²) >= 11 is 0. The van der Waals surface area contributed by atoms with E-state index in [4.69, 9.17) is 0 Å². The zero-order valence-corrected chi connectivity index (χ0v) is 5.60. The molecular weight excluding hydrogens is 118 g/mol. The Bertz CT molecular complexity index is 112. The van der Waals surface area contributed by atoms with Crippen LogP contribution in [-0.4, -0.2) is 18.7 Å². The van der Waals surface area contributed by atoms with Gasteiger partial charge >= 0.3 is 0 Å². The minimum absolute atomic E-state index is 0.257. The largest absolute Gasteiger partial charge is 0.356 e. The van der Waals surface area contributed by atoms with Gasteiger partial charge in [-0.25, -0.2) is 0 Å². The van der Waals surface area contributed by atoms with E-state index in [0.717, 1.165) is 0 Å². The molecule has 3 heteroatoms. The van der Waals surface area contributed by atoms with Crippen LogP contribution in [0, 0.1) is 5.92 Å². The molecule has 0 aromatic carbocycles. The van der Waals surface area contributed by atoms with E-state index in [9.17, 15) is 9.59 Å². The van der Waals surface area contributed by atoms with Crippen LogP contribution in [0.5, 0.6) is 0 Å². The quantitative estimate of drug-likeness (QED) is 0.538. The van der Waals surface area contributed by atoms with E-state index in [1.54, 1.807) is 13.2 Å². The first-order valence-corrected chi connectivity index (χ1v) is 2.87. The summed E-state index contributed by atoms with van der Waals surface area (Å²) in [6, 6.07) is 0. The first kappa shape index (κ1) is 8.14. The van der Waals surface area contributed by atoms with Crippen molar-refractivity contribution in [2.45, 2.75) is 13.8 Å². The van der Waals surface area contributed by atoms with Crippen molar-refractivity contribution in [3.05, 3.63) is 0 Å². The van der Waals surface area contributed by atoms with E-state index in [1.807, 2.05) is 0 Å². The molecule has 1 amide bonds. The monoisotopic (exact) mass is 128 g/mol. The van der Waals surface area contributed by atoms with Gasteiger partial charge < -0.3 is 5.32 Å². The molecule has 0 aromatic rings. The summed E-state index contributed by atoms with van der Waals surface area (Å²) < 4.78 is 0. The third-order valence-electron chi connectivity index (χ3n) is 0.921. The minimum atomic E-state index is -0.634. The lowest BCUT2D eigenvalue weighted by atomic mass is 10.2. The van der Waals surface area contributed by atoms with Gasteiger partial charge in [-0.1, -0.05) is 0 Å². The van der Waals surface area contributed by atoms with Gasteiger partial charge in [0.1, 0.15) is 5.92 Å². The fourth-order valence-corrected chi connectivity index (χ4v) is 0.381. The number of hydrogen-bond acceptors (Lipinski definition) is 2. The highest BCUT2D eigenvalue weighted by molar-refractivity contribution is 5.91. The van der Waals surface area contributed by atoms with Crippen molar-refractivity contribution >= 4 is 12.2 Å². The second-order valence-electron chi connectivity index (χ2n) is 1.73. The van der Waals surface area contributed by atoms with Crippen LogP contribution in [-0.2, 0) is 9.59 Å². The average Bonchev–Trinajstić information content (AvgIpc) is 1.87. The van der Waals surface area contributed by atoms with Gasteiger partial charge in [-0.15, -0.1) is 0 Å². The molecule has 0 spiro atoms. The molecule has 51 valence electrons. The Morgan fingerprint density at radius 3 is 2.67 bits per heavy atom. The molecule has 0 saturated heterocycles. The van der Waals surface area contributed by atoms with E-state index in [-0.39, 0.29) is 5.91 Å². The van der Waals surface area contributed by atoms with Gasteiger partial charge in [-0.2, -0.15) is 0 Å². The molecule has 0 aliphatic rings. The van der Waals surface area contributed by atoms with Crippen LogP contribution < -0.4 is 5.32 Å². The summed E-state index contributed by atoms with van der Waals surface area (Å²) in [7, 11) is 0. The van der Waals surface area contributed by atoms with Gasteiger partial charge in [0, 0.05) is 6.54 Å². The summed E-state index contributed by atoms with van der Waals surface area (Å²) in [6.45, 7) is 3.87. The Kier molecular flexibility index (Phi) is 3.67. The Labute approximate surface area is 54.4 Å². The van der Waals surface area contributed by atoms with E-state index in [0.29, 0.717) is 6.54 Å². The standard InChI is InChI=1S/C6H10NO2/c1-3-7-6(9)5(2)4-8/h5H,3H2,1-2H3,(H,7,9). The fraction of sp³-hybridized carbons (Fsp3) is 0.667. The molecule has 1 atom stereocenters. The van der Waals surface area contributed by atoms with E-state index >= 15 is 0 Å². The molecule has 0 aromatic heterocycles. The molecule has 0 fully saturated rings. The number of rotatable bonds is 3. The summed E-state index contributed by atoms with van der Waals surface area (Å²) in [5.74, 6) is -0.891. The van der Waals surface area contributed by atoms with Crippen LogP contribution in [0.3, 0.4) is 0 Å². The molecule has 9 heavy (non-hydrogen) atoms. The normalized spacial score (nSPS) is 12.2. The molecule has 1 radical (unpaired) electrons. The van der Waals surface area contributed by atoms with Crippen molar-refractivity contribution in [2.75, 3.05) is 6.54 Å². The second kappa shape index (κ2) is 4.06. The van der Waals surface area contributed by atoms with Crippen molar-refractivity contribution < 1.29 is 9.59 Å². The van der Waals surface area contributed by atoms with Gasteiger partial charge in [0.2, 0.25) is 12.2 Å². The minimum Gasteiger partial charge on any atom is -0.356 e. The van der Waals surface area contributed by atoms with Crippen LogP contribution in [0.25, 0.3) is 0 Å². The van der Waals surface area contributed by atoms with Crippen LogP contribution >= 0.6 is 0 Å². The number of carbonyl (C=O) groups excluding carboxylic acids is 2. The molecule has 0 aliphatic heterocycles. The maximum absolute atomic E-state index is 10.6. The molecular formula is C6H10NO2. The van der Waals surface area contributed by atoms with Gasteiger partial charge in [0.25, 0.3) is 0 Å². The van der Waals surface area contributed by atoms with Gasteiger partial charge in [0.05, 0.1) is 0 Å². The third kappa shape index (κ3) is 2.85. The molecule has 3 nitrogen and oxygen atoms in total. The SMILES string of the molecule is CCNC(=O)C(C)[C]=O. The van der Waals surface area contributed by atoms with Crippen molar-refractivity contribution in [3.63, 3.8) is 0 Å². The van der Waals surface area contributed by atoms with Crippen LogP contribution in [0.2, 0.25) is 0 Å². The zero-order chi connectivity index (χ0) is 7.28. The average molecular weight is 128 g/mol. The summed E-state index contributed by atoms with van der Waals surface area (Å²) in [6.07, 6.45) is 1.59. The highest BCUT2D eigenvalue weighted by Gasteiger charge is 2.09. The fourth-order valence-electron chi connectivity index (χ4n) is 0.381. The van der Waals surface area contributed by atoms with Crippen molar-refractivity contribution in [2.24, 2.45) is 5.92 Å². The van der Waals surface area contributed by atoms with Crippen LogP contribution in [0.4, 0.5) is 0 Å². The topological polar surface area (TPSA) is 46.2 Å². The summed E-state index contributed by atoms with van der Waals surface area (Å²) in [5.41, 5.74) is 0. The van der Waals surface area contributed by atoms with E-state index in [1.165, 1.54) is 6.92 Å². The first-order chi connectivity index (χ1) is 4.22. The predicted octanol–water partition coefficient (Wildman–Crippen LogP) is -0.132. The molecule has 0 rings (SSSR count). The Balaban J connectivity index is 3.58. The highest BCUT2D eigenvalue weighted by atomic mass is 16.2. The Morgan fingerprint density at radius 2 is 2.33 bits per heavy atom.